The van der Waals surface area contributed by atoms with Gasteiger partial charge in [0.05, 0.1) is 0 Å². The van der Waals surface area contributed by atoms with E-state index in [1.54, 1.807) is 0 Å². The fourth-order valence-corrected chi connectivity index (χ4v) is 1.93. The predicted molar refractivity (Wildman–Crippen MR) is 75.2 cm³/mol. The van der Waals surface area contributed by atoms with Crippen molar-refractivity contribution in [2.45, 2.75) is 26.8 Å². The van der Waals surface area contributed by atoms with E-state index in [-0.39, 0.29) is 0 Å². The Hall–Kier alpha value is -0.860. The van der Waals surface area contributed by atoms with E-state index >= 15 is 0 Å². The normalized spacial score (nSPS) is 13.3. The van der Waals surface area contributed by atoms with Crippen LogP contribution in [0.25, 0.3) is 0 Å². The van der Waals surface area contributed by atoms with E-state index in [1.807, 2.05) is 0 Å². The van der Waals surface area contributed by atoms with Crippen molar-refractivity contribution >= 4 is 0 Å². The molecular weight excluding hydrogens is 208 g/mol. The molecule has 0 spiro atoms. The molecule has 96 valence electrons. The van der Waals surface area contributed by atoms with Gasteiger partial charge in [-0.2, -0.15) is 0 Å². The molecule has 0 saturated heterocycles. The molecule has 0 saturated carbocycles. The van der Waals surface area contributed by atoms with Crippen LogP contribution in [-0.4, -0.2) is 31.6 Å². The molecule has 0 amide bonds. The second-order valence-electron chi connectivity index (χ2n) is 5.05. The SMILES string of the molecule is CCN(C)C(CNCC(C)C)c1ccccc1. The molecule has 17 heavy (non-hydrogen) atoms. The highest BCUT2D eigenvalue weighted by Gasteiger charge is 2.14. The standard InChI is InChI=1S/C15H26N2/c1-5-17(4)15(12-16-11-13(2)3)14-9-7-6-8-10-14/h6-10,13,15-16H,5,11-12H2,1-4H3. The van der Waals surface area contributed by atoms with Crippen LogP contribution in [0.5, 0.6) is 0 Å². The highest BCUT2D eigenvalue weighted by atomic mass is 15.1. The van der Waals surface area contributed by atoms with Gasteiger partial charge in [-0.15, -0.1) is 0 Å². The van der Waals surface area contributed by atoms with E-state index in [4.69, 9.17) is 0 Å². The minimum absolute atomic E-state index is 0.472. The first-order valence-electron chi connectivity index (χ1n) is 6.61. The molecule has 0 fully saturated rings. The maximum absolute atomic E-state index is 3.56. The molecule has 2 heteroatoms. The lowest BCUT2D eigenvalue weighted by atomic mass is 10.1. The zero-order chi connectivity index (χ0) is 12.7. The van der Waals surface area contributed by atoms with Gasteiger partial charge in [-0.25, -0.2) is 0 Å². The summed E-state index contributed by atoms with van der Waals surface area (Å²) in [5.41, 5.74) is 1.40. The van der Waals surface area contributed by atoms with Gasteiger partial charge in [-0.05, 0) is 31.6 Å². The van der Waals surface area contributed by atoms with Gasteiger partial charge in [0.2, 0.25) is 0 Å². The van der Waals surface area contributed by atoms with Crippen LogP contribution in [0.1, 0.15) is 32.4 Å². The molecule has 1 aromatic rings. The Morgan fingerprint density at radius 2 is 1.76 bits per heavy atom. The molecular formula is C15H26N2. The average molecular weight is 234 g/mol. The summed E-state index contributed by atoms with van der Waals surface area (Å²) in [6, 6.07) is 11.2. The van der Waals surface area contributed by atoms with Crippen molar-refractivity contribution in [3.63, 3.8) is 0 Å². The van der Waals surface area contributed by atoms with Gasteiger partial charge in [0.25, 0.3) is 0 Å². The first-order chi connectivity index (χ1) is 8.15. The lowest BCUT2D eigenvalue weighted by Gasteiger charge is -2.28. The third-order valence-electron chi connectivity index (χ3n) is 3.11. The lowest BCUT2D eigenvalue weighted by molar-refractivity contribution is 0.248. The van der Waals surface area contributed by atoms with Crippen molar-refractivity contribution in [3.8, 4) is 0 Å². The maximum Gasteiger partial charge on any atom is 0.0469 e. The second kappa shape index (κ2) is 7.46. The predicted octanol–water partition coefficient (Wildman–Crippen LogP) is 2.93. The molecule has 2 nitrogen and oxygen atoms in total. The van der Waals surface area contributed by atoms with Crippen LogP contribution < -0.4 is 5.32 Å². The largest absolute Gasteiger partial charge is 0.315 e. The number of benzene rings is 1. The molecule has 0 aliphatic rings. The number of rotatable bonds is 7. The van der Waals surface area contributed by atoms with Crippen molar-refractivity contribution in [2.75, 3.05) is 26.7 Å². The highest BCUT2D eigenvalue weighted by molar-refractivity contribution is 5.19. The van der Waals surface area contributed by atoms with E-state index in [9.17, 15) is 0 Å². The Morgan fingerprint density at radius 1 is 1.12 bits per heavy atom. The molecule has 1 aromatic carbocycles. The maximum atomic E-state index is 3.56. The van der Waals surface area contributed by atoms with Crippen LogP contribution in [0.2, 0.25) is 0 Å². The van der Waals surface area contributed by atoms with Crippen LogP contribution >= 0.6 is 0 Å². The van der Waals surface area contributed by atoms with Gasteiger partial charge in [0.15, 0.2) is 0 Å². The zero-order valence-corrected chi connectivity index (χ0v) is 11.6. The van der Waals surface area contributed by atoms with Crippen LogP contribution in [-0.2, 0) is 0 Å². The Bertz CT molecular complexity index is 295. The van der Waals surface area contributed by atoms with E-state index in [1.165, 1.54) is 5.56 Å². The Labute approximate surface area is 106 Å². The number of likely N-dealkylation sites (N-methyl/N-ethyl adjacent to an activating group) is 1. The molecule has 0 aromatic heterocycles. The fourth-order valence-electron chi connectivity index (χ4n) is 1.93. The smallest absolute Gasteiger partial charge is 0.0469 e. The highest BCUT2D eigenvalue weighted by Crippen LogP contribution is 2.17. The summed E-state index contributed by atoms with van der Waals surface area (Å²) < 4.78 is 0. The van der Waals surface area contributed by atoms with Gasteiger partial charge in [-0.3, -0.25) is 4.90 Å². The van der Waals surface area contributed by atoms with Crippen molar-refractivity contribution < 1.29 is 0 Å². The summed E-state index contributed by atoms with van der Waals surface area (Å²) in [4.78, 5) is 2.39. The van der Waals surface area contributed by atoms with E-state index in [0.29, 0.717) is 12.0 Å². The van der Waals surface area contributed by atoms with Crippen molar-refractivity contribution in [1.82, 2.24) is 10.2 Å². The Morgan fingerprint density at radius 3 is 2.29 bits per heavy atom. The summed E-state index contributed by atoms with van der Waals surface area (Å²) >= 11 is 0. The topological polar surface area (TPSA) is 15.3 Å². The summed E-state index contributed by atoms with van der Waals surface area (Å²) in [5.74, 6) is 0.707. The monoisotopic (exact) mass is 234 g/mol. The Kier molecular flexibility index (Phi) is 6.23. The molecule has 1 N–H and O–H groups in total. The molecule has 1 atom stereocenters. The van der Waals surface area contributed by atoms with E-state index in [2.05, 4.69) is 68.4 Å². The lowest BCUT2D eigenvalue weighted by Crippen LogP contribution is -2.34. The summed E-state index contributed by atoms with van der Waals surface area (Å²) in [6.07, 6.45) is 0. The minimum atomic E-state index is 0.472. The molecule has 0 radical (unpaired) electrons. The van der Waals surface area contributed by atoms with Crippen molar-refractivity contribution in [1.29, 1.82) is 0 Å². The summed E-state index contributed by atoms with van der Waals surface area (Å²) in [6.45, 7) is 9.87. The van der Waals surface area contributed by atoms with Crippen LogP contribution in [0.3, 0.4) is 0 Å². The average Bonchev–Trinajstić information content (AvgIpc) is 2.34. The fraction of sp³-hybridized carbons (Fsp3) is 0.600. The van der Waals surface area contributed by atoms with Crippen LogP contribution in [0, 0.1) is 5.92 Å². The molecule has 0 aliphatic heterocycles. The zero-order valence-electron chi connectivity index (χ0n) is 11.6. The van der Waals surface area contributed by atoms with E-state index in [0.717, 1.165) is 19.6 Å². The second-order valence-corrected chi connectivity index (χ2v) is 5.05. The quantitative estimate of drug-likeness (QED) is 0.780. The number of hydrogen-bond acceptors (Lipinski definition) is 2. The summed E-state index contributed by atoms with van der Waals surface area (Å²) in [5, 5.41) is 3.56. The molecule has 1 unspecified atom stereocenters. The number of nitrogens with zero attached hydrogens (tertiary/aromatic N) is 1. The third kappa shape index (κ3) is 4.88. The van der Waals surface area contributed by atoms with Crippen molar-refractivity contribution in [2.24, 2.45) is 5.92 Å². The molecule has 0 heterocycles. The minimum Gasteiger partial charge on any atom is -0.315 e. The van der Waals surface area contributed by atoms with Gasteiger partial charge in [-0.1, -0.05) is 51.1 Å². The third-order valence-corrected chi connectivity index (χ3v) is 3.11. The van der Waals surface area contributed by atoms with Gasteiger partial charge >= 0.3 is 0 Å². The van der Waals surface area contributed by atoms with E-state index < -0.39 is 0 Å². The molecule has 0 bridgehead atoms. The number of hydrogen-bond donors (Lipinski definition) is 1. The number of nitrogens with one attached hydrogen (secondary N) is 1. The van der Waals surface area contributed by atoms with Gasteiger partial charge in [0.1, 0.15) is 0 Å². The Balaban J connectivity index is 2.61. The molecule has 1 rings (SSSR count). The van der Waals surface area contributed by atoms with Crippen molar-refractivity contribution in [3.05, 3.63) is 35.9 Å². The van der Waals surface area contributed by atoms with Gasteiger partial charge < -0.3 is 5.32 Å². The summed E-state index contributed by atoms with van der Waals surface area (Å²) in [7, 11) is 2.19. The molecule has 0 aliphatic carbocycles. The van der Waals surface area contributed by atoms with Gasteiger partial charge in [0, 0.05) is 12.6 Å². The first kappa shape index (κ1) is 14.2. The van der Waals surface area contributed by atoms with Crippen LogP contribution in [0.15, 0.2) is 30.3 Å². The van der Waals surface area contributed by atoms with Crippen LogP contribution in [0.4, 0.5) is 0 Å². The first-order valence-corrected chi connectivity index (χ1v) is 6.61.